The zero-order valence-electron chi connectivity index (χ0n) is 11.4. The van der Waals surface area contributed by atoms with E-state index in [1.54, 1.807) is 61.3 Å². The summed E-state index contributed by atoms with van der Waals surface area (Å²) in [7, 11) is 1.80. The molecule has 0 saturated heterocycles. The van der Waals surface area contributed by atoms with Crippen LogP contribution in [0.15, 0.2) is 36.7 Å². The van der Waals surface area contributed by atoms with Gasteiger partial charge < -0.3 is 14.4 Å². The van der Waals surface area contributed by atoms with E-state index in [1.165, 1.54) is 0 Å². The molecule has 0 fully saturated rings. The first-order valence-electron chi connectivity index (χ1n) is 6.27. The molecule has 20 heavy (non-hydrogen) atoms. The van der Waals surface area contributed by atoms with Gasteiger partial charge >= 0.3 is 5.97 Å². The number of ether oxygens (including phenoxy) is 1. The quantitative estimate of drug-likeness (QED) is 0.684. The summed E-state index contributed by atoms with van der Waals surface area (Å²) in [5, 5.41) is 9.49. The van der Waals surface area contributed by atoms with Gasteiger partial charge in [-0.3, -0.25) is 0 Å². The van der Waals surface area contributed by atoms with Crippen LogP contribution in [0.5, 0.6) is 5.75 Å². The molecular weight excluding hydrogens is 256 g/mol. The first-order valence-corrected chi connectivity index (χ1v) is 6.27. The first kappa shape index (κ1) is 13.9. The fourth-order valence-electron chi connectivity index (χ4n) is 1.83. The highest BCUT2D eigenvalue weighted by molar-refractivity contribution is 6.20. The normalized spacial score (nSPS) is 11.4. The Balaban J connectivity index is 2.46. The highest BCUT2D eigenvalue weighted by Gasteiger charge is 2.17. The number of hydrogen-bond donors (Lipinski definition) is 1. The largest absolute Gasteiger partial charge is 0.508 e. The van der Waals surface area contributed by atoms with Gasteiger partial charge in [-0.15, -0.1) is 0 Å². The summed E-state index contributed by atoms with van der Waals surface area (Å²) < 4.78 is 6.80. The van der Waals surface area contributed by atoms with Crippen molar-refractivity contribution in [2.75, 3.05) is 6.61 Å². The zero-order chi connectivity index (χ0) is 14.5. The zero-order valence-corrected chi connectivity index (χ0v) is 11.4. The van der Waals surface area contributed by atoms with Crippen LogP contribution in [0, 0.1) is 0 Å². The van der Waals surface area contributed by atoms with Crippen molar-refractivity contribution in [3.05, 3.63) is 48.0 Å². The maximum absolute atomic E-state index is 12.1. The second kappa shape index (κ2) is 6.06. The van der Waals surface area contributed by atoms with E-state index in [1.807, 2.05) is 0 Å². The number of phenols is 1. The lowest BCUT2D eigenvalue weighted by Crippen LogP contribution is -2.10. The van der Waals surface area contributed by atoms with Gasteiger partial charge in [0, 0.05) is 19.4 Å². The van der Waals surface area contributed by atoms with Crippen LogP contribution in [0.1, 0.15) is 18.3 Å². The summed E-state index contributed by atoms with van der Waals surface area (Å²) in [6.07, 6.45) is 5.02. The third-order valence-electron chi connectivity index (χ3n) is 2.74. The van der Waals surface area contributed by atoms with Crippen molar-refractivity contribution in [3.8, 4) is 5.75 Å². The molecule has 0 aliphatic carbocycles. The van der Waals surface area contributed by atoms with Crippen LogP contribution in [0.25, 0.3) is 11.6 Å². The highest BCUT2D eigenvalue weighted by Crippen LogP contribution is 2.20. The van der Waals surface area contributed by atoms with E-state index < -0.39 is 5.97 Å². The average molecular weight is 272 g/mol. The molecule has 0 unspecified atom stereocenters. The monoisotopic (exact) mass is 272 g/mol. The lowest BCUT2D eigenvalue weighted by atomic mass is 10.1. The molecule has 1 aromatic heterocycles. The average Bonchev–Trinajstić information content (AvgIpc) is 2.82. The number of nitrogens with zero attached hydrogens (tertiary/aromatic N) is 2. The van der Waals surface area contributed by atoms with E-state index in [9.17, 15) is 9.90 Å². The molecule has 0 spiro atoms. The van der Waals surface area contributed by atoms with E-state index in [-0.39, 0.29) is 5.75 Å². The Morgan fingerprint density at radius 3 is 2.90 bits per heavy atom. The highest BCUT2D eigenvalue weighted by atomic mass is 16.5. The van der Waals surface area contributed by atoms with E-state index in [0.717, 1.165) is 0 Å². The van der Waals surface area contributed by atoms with Crippen LogP contribution in [0.2, 0.25) is 0 Å². The molecule has 0 radical (unpaired) electrons. The van der Waals surface area contributed by atoms with Gasteiger partial charge in [-0.2, -0.15) is 0 Å². The third-order valence-corrected chi connectivity index (χ3v) is 2.74. The second-order valence-electron chi connectivity index (χ2n) is 4.24. The lowest BCUT2D eigenvalue weighted by molar-refractivity contribution is -0.136. The summed E-state index contributed by atoms with van der Waals surface area (Å²) in [6.45, 7) is 2.04. The maximum atomic E-state index is 12.1. The molecule has 2 rings (SSSR count). The van der Waals surface area contributed by atoms with Crippen LogP contribution in [-0.2, 0) is 16.6 Å². The Hall–Kier alpha value is -2.56. The minimum Gasteiger partial charge on any atom is -0.508 e. The number of esters is 1. The Kier molecular flexibility index (Phi) is 4.20. The van der Waals surface area contributed by atoms with Crippen molar-refractivity contribution in [2.45, 2.75) is 6.92 Å². The van der Waals surface area contributed by atoms with Gasteiger partial charge in [-0.25, -0.2) is 9.78 Å². The fraction of sp³-hybridized carbons (Fsp3) is 0.200. The predicted molar refractivity (Wildman–Crippen MR) is 75.8 cm³/mol. The molecule has 1 aromatic carbocycles. The molecule has 0 aliphatic rings. The van der Waals surface area contributed by atoms with E-state index >= 15 is 0 Å². The SMILES string of the molecule is CCOC(=O)/C(=C/c1cccc(O)c1)c1nccn1C. The topological polar surface area (TPSA) is 64.3 Å². The van der Waals surface area contributed by atoms with E-state index in [4.69, 9.17) is 4.74 Å². The third kappa shape index (κ3) is 3.06. The maximum Gasteiger partial charge on any atom is 0.341 e. The van der Waals surface area contributed by atoms with Crippen molar-refractivity contribution >= 4 is 17.6 Å². The summed E-state index contributed by atoms with van der Waals surface area (Å²) >= 11 is 0. The fourth-order valence-corrected chi connectivity index (χ4v) is 1.83. The Labute approximate surface area is 117 Å². The number of aryl methyl sites for hydroxylation is 1. The second-order valence-corrected chi connectivity index (χ2v) is 4.24. The molecule has 0 saturated carbocycles. The number of imidazole rings is 1. The van der Waals surface area contributed by atoms with Crippen LogP contribution in [-0.4, -0.2) is 27.2 Å². The number of hydrogen-bond acceptors (Lipinski definition) is 4. The van der Waals surface area contributed by atoms with Crippen molar-refractivity contribution in [1.82, 2.24) is 9.55 Å². The molecule has 1 N–H and O–H groups in total. The van der Waals surface area contributed by atoms with Gasteiger partial charge in [0.05, 0.1) is 6.61 Å². The standard InChI is InChI=1S/C15H16N2O3/c1-3-20-15(19)13(14-16-7-8-17(14)2)10-11-5-4-6-12(18)9-11/h4-10,18H,3H2,1-2H3/b13-10+. The van der Waals surface area contributed by atoms with Crippen molar-refractivity contribution in [1.29, 1.82) is 0 Å². The number of aromatic nitrogens is 2. The van der Waals surface area contributed by atoms with Crippen LogP contribution in [0.4, 0.5) is 0 Å². The number of carbonyl (C=O) groups excluding carboxylic acids is 1. The lowest BCUT2D eigenvalue weighted by Gasteiger charge is -2.07. The van der Waals surface area contributed by atoms with Gasteiger partial charge in [0.15, 0.2) is 0 Å². The van der Waals surface area contributed by atoms with Gasteiger partial charge in [0.2, 0.25) is 0 Å². The molecular formula is C15H16N2O3. The molecule has 5 nitrogen and oxygen atoms in total. The number of phenolic OH excluding ortho intramolecular Hbond substituents is 1. The van der Waals surface area contributed by atoms with Gasteiger partial charge in [0.1, 0.15) is 17.1 Å². The van der Waals surface area contributed by atoms with Gasteiger partial charge in [-0.05, 0) is 30.7 Å². The molecule has 0 amide bonds. The molecule has 1 heterocycles. The molecule has 5 heteroatoms. The summed E-state index contributed by atoms with van der Waals surface area (Å²) in [5.41, 5.74) is 1.06. The molecule has 0 bridgehead atoms. The van der Waals surface area contributed by atoms with Gasteiger partial charge in [0.25, 0.3) is 0 Å². The number of carbonyl (C=O) groups is 1. The summed E-state index contributed by atoms with van der Waals surface area (Å²) in [6, 6.07) is 6.65. The van der Waals surface area contributed by atoms with Crippen molar-refractivity contribution < 1.29 is 14.6 Å². The van der Waals surface area contributed by atoms with E-state index in [0.29, 0.717) is 23.6 Å². The minimum absolute atomic E-state index is 0.141. The van der Waals surface area contributed by atoms with E-state index in [2.05, 4.69) is 4.98 Å². The molecule has 2 aromatic rings. The summed E-state index contributed by atoms with van der Waals surface area (Å²) in [5.74, 6) is 0.221. The smallest absolute Gasteiger partial charge is 0.341 e. The number of aromatic hydroxyl groups is 1. The Morgan fingerprint density at radius 2 is 2.30 bits per heavy atom. The Morgan fingerprint density at radius 1 is 1.50 bits per heavy atom. The minimum atomic E-state index is -0.440. The molecule has 0 aliphatic heterocycles. The van der Waals surface area contributed by atoms with Crippen molar-refractivity contribution in [3.63, 3.8) is 0 Å². The molecule has 104 valence electrons. The van der Waals surface area contributed by atoms with Crippen LogP contribution >= 0.6 is 0 Å². The number of rotatable bonds is 4. The van der Waals surface area contributed by atoms with Crippen molar-refractivity contribution in [2.24, 2.45) is 7.05 Å². The first-order chi connectivity index (χ1) is 9.61. The molecule has 0 atom stereocenters. The van der Waals surface area contributed by atoms with Crippen LogP contribution in [0.3, 0.4) is 0 Å². The van der Waals surface area contributed by atoms with Gasteiger partial charge in [-0.1, -0.05) is 12.1 Å². The predicted octanol–water partition coefficient (Wildman–Crippen LogP) is 2.23. The Bertz CT molecular complexity index is 644. The van der Waals surface area contributed by atoms with Crippen LogP contribution < -0.4 is 0 Å². The summed E-state index contributed by atoms with van der Waals surface area (Å²) in [4.78, 5) is 16.2. The number of benzene rings is 1.